The average Bonchev–Trinajstić information content (AvgIpc) is 3.01. The molecule has 20 heavy (non-hydrogen) atoms. The van der Waals surface area contributed by atoms with Crippen molar-refractivity contribution in [1.82, 2.24) is 5.32 Å². The molecule has 2 unspecified atom stereocenters. The Hall–Kier alpha value is -1.32. The predicted molar refractivity (Wildman–Crippen MR) is 84.8 cm³/mol. The third-order valence-corrected chi connectivity index (χ3v) is 4.98. The maximum Gasteiger partial charge on any atom is 0.123 e. The number of rotatable bonds is 4. The molecule has 1 aliphatic heterocycles. The lowest BCUT2D eigenvalue weighted by molar-refractivity contribution is 0.223. The van der Waals surface area contributed by atoms with Gasteiger partial charge in [-0.15, -0.1) is 11.3 Å². The summed E-state index contributed by atoms with van der Waals surface area (Å²) in [6, 6.07) is 11.2. The Morgan fingerprint density at radius 3 is 2.90 bits per heavy atom. The maximum absolute atomic E-state index is 5.99. The monoisotopic (exact) mass is 287 g/mol. The van der Waals surface area contributed by atoms with Crippen LogP contribution in [0.25, 0.3) is 0 Å². The van der Waals surface area contributed by atoms with E-state index < -0.39 is 0 Å². The molecule has 0 bridgehead atoms. The standard InChI is InChI=1S/C17H21NOS/c1-11-4-6-16-14(8-11)9-15(19-16)10-18-13(3)17-7-5-12(2)20-17/h4-8,13,15,18H,9-10H2,1-3H3. The molecule has 0 fully saturated rings. The fourth-order valence-electron chi connectivity index (χ4n) is 2.66. The summed E-state index contributed by atoms with van der Waals surface area (Å²) >= 11 is 1.86. The molecule has 0 saturated heterocycles. The normalized spacial score (nSPS) is 18.6. The molecule has 0 spiro atoms. The molecule has 106 valence electrons. The zero-order valence-corrected chi connectivity index (χ0v) is 13.1. The van der Waals surface area contributed by atoms with Crippen LogP contribution in [0, 0.1) is 13.8 Å². The molecule has 3 heteroatoms. The van der Waals surface area contributed by atoms with E-state index in [1.54, 1.807) is 0 Å². The summed E-state index contributed by atoms with van der Waals surface area (Å²) in [7, 11) is 0. The lowest BCUT2D eigenvalue weighted by Crippen LogP contribution is -2.31. The van der Waals surface area contributed by atoms with Crippen molar-refractivity contribution in [2.45, 2.75) is 39.3 Å². The first-order valence-corrected chi connectivity index (χ1v) is 7.99. The van der Waals surface area contributed by atoms with E-state index in [0.717, 1.165) is 18.7 Å². The molecule has 1 aromatic heterocycles. The van der Waals surface area contributed by atoms with E-state index >= 15 is 0 Å². The van der Waals surface area contributed by atoms with Crippen LogP contribution in [0.2, 0.25) is 0 Å². The van der Waals surface area contributed by atoms with Gasteiger partial charge in [0.05, 0.1) is 0 Å². The molecule has 2 heterocycles. The number of hydrogen-bond acceptors (Lipinski definition) is 3. The maximum atomic E-state index is 5.99. The fourth-order valence-corrected chi connectivity index (χ4v) is 3.56. The van der Waals surface area contributed by atoms with Gasteiger partial charge in [-0.05, 0) is 44.5 Å². The minimum absolute atomic E-state index is 0.260. The summed E-state index contributed by atoms with van der Waals surface area (Å²) in [5, 5.41) is 3.59. The van der Waals surface area contributed by atoms with Crippen molar-refractivity contribution >= 4 is 11.3 Å². The molecular weight excluding hydrogens is 266 g/mol. The number of ether oxygens (including phenoxy) is 1. The largest absolute Gasteiger partial charge is 0.488 e. The van der Waals surface area contributed by atoms with Crippen LogP contribution in [0.5, 0.6) is 5.75 Å². The number of benzene rings is 1. The van der Waals surface area contributed by atoms with E-state index in [-0.39, 0.29) is 6.10 Å². The topological polar surface area (TPSA) is 21.3 Å². The van der Waals surface area contributed by atoms with E-state index in [9.17, 15) is 0 Å². The Balaban J connectivity index is 1.56. The van der Waals surface area contributed by atoms with E-state index in [0.29, 0.717) is 6.04 Å². The zero-order chi connectivity index (χ0) is 14.1. The van der Waals surface area contributed by atoms with Gasteiger partial charge in [-0.25, -0.2) is 0 Å². The molecule has 1 N–H and O–H groups in total. The van der Waals surface area contributed by atoms with Crippen LogP contribution in [0.3, 0.4) is 0 Å². The SMILES string of the molecule is Cc1ccc2c(c1)CC(CNC(C)c1ccc(C)s1)O2. The average molecular weight is 287 g/mol. The van der Waals surface area contributed by atoms with Gasteiger partial charge in [0.25, 0.3) is 0 Å². The number of thiophene rings is 1. The van der Waals surface area contributed by atoms with Crippen LogP contribution in [0.1, 0.15) is 33.8 Å². The molecule has 2 atom stereocenters. The quantitative estimate of drug-likeness (QED) is 0.917. The highest BCUT2D eigenvalue weighted by atomic mass is 32.1. The van der Waals surface area contributed by atoms with Crippen molar-refractivity contribution in [2.24, 2.45) is 0 Å². The molecule has 0 radical (unpaired) electrons. The first-order valence-electron chi connectivity index (χ1n) is 7.18. The molecule has 0 amide bonds. The summed E-state index contributed by atoms with van der Waals surface area (Å²) in [4.78, 5) is 2.77. The second-order valence-electron chi connectivity index (χ2n) is 5.63. The van der Waals surface area contributed by atoms with Crippen LogP contribution in [-0.4, -0.2) is 12.6 Å². The minimum Gasteiger partial charge on any atom is -0.488 e. The Labute approximate surface area is 124 Å². The van der Waals surface area contributed by atoms with Gasteiger partial charge in [0.1, 0.15) is 11.9 Å². The van der Waals surface area contributed by atoms with Gasteiger partial charge in [-0.3, -0.25) is 0 Å². The van der Waals surface area contributed by atoms with E-state index in [4.69, 9.17) is 4.74 Å². The number of aryl methyl sites for hydroxylation is 2. The van der Waals surface area contributed by atoms with Gasteiger partial charge in [0.15, 0.2) is 0 Å². The van der Waals surface area contributed by atoms with Crippen LogP contribution in [-0.2, 0) is 6.42 Å². The van der Waals surface area contributed by atoms with Crippen LogP contribution >= 0.6 is 11.3 Å². The minimum atomic E-state index is 0.260. The highest BCUT2D eigenvalue weighted by molar-refractivity contribution is 7.12. The predicted octanol–water partition coefficient (Wildman–Crippen LogP) is 4.02. The highest BCUT2D eigenvalue weighted by Crippen LogP contribution is 2.29. The molecule has 3 rings (SSSR count). The van der Waals surface area contributed by atoms with Gasteiger partial charge in [0, 0.05) is 28.8 Å². The summed E-state index contributed by atoms with van der Waals surface area (Å²) in [6.07, 6.45) is 1.27. The molecule has 2 nitrogen and oxygen atoms in total. The third kappa shape index (κ3) is 2.89. The second-order valence-corrected chi connectivity index (χ2v) is 6.95. The van der Waals surface area contributed by atoms with E-state index in [1.807, 2.05) is 11.3 Å². The van der Waals surface area contributed by atoms with Gasteiger partial charge >= 0.3 is 0 Å². The van der Waals surface area contributed by atoms with Crippen molar-refractivity contribution in [3.8, 4) is 5.75 Å². The van der Waals surface area contributed by atoms with Crippen LogP contribution in [0.15, 0.2) is 30.3 Å². The van der Waals surface area contributed by atoms with Crippen molar-refractivity contribution in [2.75, 3.05) is 6.54 Å². The fraction of sp³-hybridized carbons (Fsp3) is 0.412. The molecule has 0 aliphatic carbocycles. The Morgan fingerprint density at radius 1 is 1.30 bits per heavy atom. The Kier molecular flexibility index (Phi) is 3.81. The highest BCUT2D eigenvalue weighted by Gasteiger charge is 2.23. The lowest BCUT2D eigenvalue weighted by atomic mass is 10.1. The molecule has 2 aromatic rings. The first-order chi connectivity index (χ1) is 9.61. The van der Waals surface area contributed by atoms with Crippen molar-refractivity contribution in [1.29, 1.82) is 0 Å². The van der Waals surface area contributed by atoms with Gasteiger partial charge < -0.3 is 10.1 Å². The Morgan fingerprint density at radius 2 is 2.15 bits per heavy atom. The summed E-state index contributed by atoms with van der Waals surface area (Å²) in [5.74, 6) is 1.06. The molecule has 0 saturated carbocycles. The van der Waals surface area contributed by atoms with E-state index in [1.165, 1.54) is 20.9 Å². The molecule has 1 aromatic carbocycles. The summed E-state index contributed by atoms with van der Waals surface area (Å²) in [6.45, 7) is 7.40. The van der Waals surface area contributed by atoms with Crippen LogP contribution < -0.4 is 10.1 Å². The number of fused-ring (bicyclic) bond motifs is 1. The van der Waals surface area contributed by atoms with E-state index in [2.05, 4.69) is 56.4 Å². The number of nitrogens with one attached hydrogen (secondary N) is 1. The van der Waals surface area contributed by atoms with Crippen molar-refractivity contribution in [3.63, 3.8) is 0 Å². The first kappa shape index (κ1) is 13.7. The lowest BCUT2D eigenvalue weighted by Gasteiger charge is -2.16. The molecule has 1 aliphatic rings. The summed E-state index contributed by atoms with van der Waals surface area (Å²) in [5.41, 5.74) is 2.65. The van der Waals surface area contributed by atoms with Gasteiger partial charge in [-0.1, -0.05) is 17.7 Å². The van der Waals surface area contributed by atoms with Crippen molar-refractivity contribution < 1.29 is 4.74 Å². The number of hydrogen-bond donors (Lipinski definition) is 1. The second kappa shape index (κ2) is 5.58. The van der Waals surface area contributed by atoms with Gasteiger partial charge in [-0.2, -0.15) is 0 Å². The Bertz CT molecular complexity index is 605. The van der Waals surface area contributed by atoms with Crippen LogP contribution in [0.4, 0.5) is 0 Å². The zero-order valence-electron chi connectivity index (χ0n) is 12.3. The smallest absolute Gasteiger partial charge is 0.123 e. The summed E-state index contributed by atoms with van der Waals surface area (Å²) < 4.78 is 5.99. The van der Waals surface area contributed by atoms with Gasteiger partial charge in [0.2, 0.25) is 0 Å². The third-order valence-electron chi connectivity index (χ3n) is 3.80. The molecular formula is C17H21NOS. The van der Waals surface area contributed by atoms with Crippen molar-refractivity contribution in [3.05, 3.63) is 51.2 Å².